The van der Waals surface area contributed by atoms with E-state index in [2.05, 4.69) is 30.9 Å². The zero-order valence-corrected chi connectivity index (χ0v) is 21.6. The molecule has 0 radical (unpaired) electrons. The van der Waals surface area contributed by atoms with Crippen LogP contribution in [0.2, 0.25) is 0 Å². The van der Waals surface area contributed by atoms with Crippen molar-refractivity contribution >= 4 is 5.91 Å². The van der Waals surface area contributed by atoms with Gasteiger partial charge >= 0.3 is 0 Å². The number of nitrogens with zero attached hydrogens (tertiary/aromatic N) is 4. The molecule has 2 aromatic rings. The van der Waals surface area contributed by atoms with Gasteiger partial charge in [-0.05, 0) is 70.2 Å². The molecule has 1 saturated heterocycles. The molecule has 1 amide bonds. The molecule has 1 aromatic heterocycles. The van der Waals surface area contributed by atoms with Gasteiger partial charge in [0.15, 0.2) is 0 Å². The van der Waals surface area contributed by atoms with Crippen molar-refractivity contribution in [3.05, 3.63) is 59.2 Å². The van der Waals surface area contributed by atoms with Crippen molar-refractivity contribution in [2.75, 3.05) is 32.7 Å². The molecule has 2 atom stereocenters. The monoisotopic (exact) mass is 466 g/mol. The molecule has 6 heteroatoms. The van der Waals surface area contributed by atoms with Crippen LogP contribution in [0.4, 0.5) is 0 Å². The summed E-state index contributed by atoms with van der Waals surface area (Å²) in [6.45, 7) is 14.8. The standard InChI is InChI=1S/C28H42N4O2/c1-6-10-21(4)20-31-15-13-28(14-16-31,25-12-9-11-23(17-25)22(5)33)27-29-18-24(19-30-27)26(34)32(7-2)8-3/h9,11-12,17-19,21-22,33H,6-8,10,13-16,20H2,1-5H3. The predicted molar refractivity (Wildman–Crippen MR) is 137 cm³/mol. The van der Waals surface area contributed by atoms with Crippen LogP contribution >= 0.6 is 0 Å². The Bertz CT molecular complexity index is 916. The number of benzene rings is 1. The van der Waals surface area contributed by atoms with Gasteiger partial charge in [-0.15, -0.1) is 0 Å². The summed E-state index contributed by atoms with van der Waals surface area (Å²) in [6.07, 6.45) is 7.16. The van der Waals surface area contributed by atoms with Crippen LogP contribution in [0.5, 0.6) is 0 Å². The number of carbonyl (C=O) groups excluding carboxylic acids is 1. The second-order valence-corrected chi connectivity index (χ2v) is 9.85. The Morgan fingerprint density at radius 3 is 2.32 bits per heavy atom. The number of carbonyl (C=O) groups is 1. The Hall–Kier alpha value is -2.31. The Kier molecular flexibility index (Phi) is 9.20. The zero-order chi connectivity index (χ0) is 24.7. The van der Waals surface area contributed by atoms with E-state index in [0.29, 0.717) is 24.6 Å². The molecule has 3 rings (SSSR count). The van der Waals surface area contributed by atoms with Crippen molar-refractivity contribution < 1.29 is 9.90 Å². The quantitative estimate of drug-likeness (QED) is 0.543. The predicted octanol–water partition coefficient (Wildman–Crippen LogP) is 4.83. The van der Waals surface area contributed by atoms with Crippen molar-refractivity contribution in [2.24, 2.45) is 5.92 Å². The maximum atomic E-state index is 12.8. The van der Waals surface area contributed by atoms with Crippen molar-refractivity contribution in [1.29, 1.82) is 0 Å². The first-order chi connectivity index (χ1) is 16.3. The van der Waals surface area contributed by atoms with Crippen molar-refractivity contribution in [2.45, 2.75) is 71.8 Å². The molecule has 186 valence electrons. The van der Waals surface area contributed by atoms with E-state index in [4.69, 9.17) is 9.97 Å². The molecule has 2 heterocycles. The van der Waals surface area contributed by atoms with Gasteiger partial charge in [-0.3, -0.25) is 4.79 Å². The topological polar surface area (TPSA) is 69.6 Å². The Morgan fingerprint density at radius 1 is 1.12 bits per heavy atom. The third-order valence-corrected chi connectivity index (χ3v) is 7.36. The van der Waals surface area contributed by atoms with E-state index in [1.54, 1.807) is 24.2 Å². The van der Waals surface area contributed by atoms with Crippen LogP contribution in [0.3, 0.4) is 0 Å². The number of hydrogen-bond acceptors (Lipinski definition) is 5. The molecule has 34 heavy (non-hydrogen) atoms. The first-order valence-electron chi connectivity index (χ1n) is 13.0. The molecule has 6 nitrogen and oxygen atoms in total. The van der Waals surface area contributed by atoms with Crippen LogP contribution in [0.25, 0.3) is 0 Å². The summed E-state index contributed by atoms with van der Waals surface area (Å²) in [5.41, 5.74) is 2.26. The van der Waals surface area contributed by atoms with E-state index >= 15 is 0 Å². The fourth-order valence-corrected chi connectivity index (χ4v) is 5.26. The number of rotatable bonds is 10. The molecule has 1 aliphatic rings. The molecule has 1 N–H and O–H groups in total. The van der Waals surface area contributed by atoms with Crippen molar-refractivity contribution in [3.63, 3.8) is 0 Å². The SMILES string of the molecule is CCCC(C)CN1CCC(c2cccc(C(C)O)c2)(c2ncc(C(=O)N(CC)CC)cn2)CC1. The summed E-state index contributed by atoms with van der Waals surface area (Å²) in [4.78, 5) is 26.7. The lowest BCUT2D eigenvalue weighted by Gasteiger charge is -2.42. The highest BCUT2D eigenvalue weighted by Crippen LogP contribution is 2.41. The van der Waals surface area contributed by atoms with Gasteiger partial charge in [-0.2, -0.15) is 0 Å². The fraction of sp³-hybridized carbons (Fsp3) is 0.607. The normalized spacial score (nSPS) is 17.8. The summed E-state index contributed by atoms with van der Waals surface area (Å²) in [5, 5.41) is 10.2. The number of aliphatic hydroxyl groups is 1. The molecule has 0 aliphatic carbocycles. The van der Waals surface area contributed by atoms with Crippen LogP contribution in [-0.4, -0.2) is 63.5 Å². The highest BCUT2D eigenvalue weighted by molar-refractivity contribution is 5.93. The largest absolute Gasteiger partial charge is 0.389 e. The average molecular weight is 467 g/mol. The molecule has 0 spiro atoms. The molecule has 1 aromatic carbocycles. The third-order valence-electron chi connectivity index (χ3n) is 7.36. The molecule has 1 fully saturated rings. The fourth-order valence-electron chi connectivity index (χ4n) is 5.26. The Balaban J connectivity index is 1.92. The third kappa shape index (κ3) is 5.84. The van der Waals surface area contributed by atoms with Crippen molar-refractivity contribution in [3.8, 4) is 0 Å². The summed E-state index contributed by atoms with van der Waals surface area (Å²) in [6, 6.07) is 8.24. The van der Waals surface area contributed by atoms with Gasteiger partial charge in [0.2, 0.25) is 0 Å². The number of aliphatic hydroxyl groups excluding tert-OH is 1. The van der Waals surface area contributed by atoms with E-state index in [1.165, 1.54) is 12.8 Å². The lowest BCUT2D eigenvalue weighted by Crippen LogP contribution is -2.45. The molecular weight excluding hydrogens is 424 g/mol. The van der Waals surface area contributed by atoms with E-state index in [-0.39, 0.29) is 11.3 Å². The maximum absolute atomic E-state index is 12.8. The van der Waals surface area contributed by atoms with Crippen molar-refractivity contribution in [1.82, 2.24) is 19.8 Å². The summed E-state index contributed by atoms with van der Waals surface area (Å²) in [7, 11) is 0. The lowest BCUT2D eigenvalue weighted by molar-refractivity contribution is 0.0771. The van der Waals surface area contributed by atoms with Gasteiger partial charge in [0.05, 0.1) is 17.1 Å². The molecule has 1 aliphatic heterocycles. The highest BCUT2D eigenvalue weighted by atomic mass is 16.3. The minimum atomic E-state index is -0.526. The maximum Gasteiger partial charge on any atom is 0.256 e. The molecule has 2 unspecified atom stereocenters. The number of piperidine rings is 1. The highest BCUT2D eigenvalue weighted by Gasteiger charge is 2.41. The number of likely N-dealkylation sites (tertiary alicyclic amines) is 1. The van der Waals surface area contributed by atoms with E-state index in [9.17, 15) is 9.90 Å². The van der Waals surface area contributed by atoms with E-state index < -0.39 is 6.10 Å². The van der Waals surface area contributed by atoms with Crippen LogP contribution in [-0.2, 0) is 5.41 Å². The van der Waals surface area contributed by atoms with Gasteiger partial charge in [0, 0.05) is 32.0 Å². The average Bonchev–Trinajstić information content (AvgIpc) is 2.85. The summed E-state index contributed by atoms with van der Waals surface area (Å²) in [5.74, 6) is 1.44. The number of hydrogen-bond donors (Lipinski definition) is 1. The minimum absolute atomic E-state index is 0.0265. The second-order valence-electron chi connectivity index (χ2n) is 9.85. The van der Waals surface area contributed by atoms with Gasteiger partial charge in [-0.1, -0.05) is 44.5 Å². The molecule has 0 saturated carbocycles. The van der Waals surface area contributed by atoms with Crippen LogP contribution in [0.1, 0.15) is 93.7 Å². The van der Waals surface area contributed by atoms with Gasteiger partial charge in [0.25, 0.3) is 5.91 Å². The smallest absolute Gasteiger partial charge is 0.256 e. The van der Waals surface area contributed by atoms with Gasteiger partial charge < -0.3 is 14.9 Å². The number of aromatic nitrogens is 2. The number of amides is 1. The van der Waals surface area contributed by atoms with E-state index in [0.717, 1.165) is 49.4 Å². The van der Waals surface area contributed by atoms with Crippen LogP contribution in [0, 0.1) is 5.92 Å². The van der Waals surface area contributed by atoms with Gasteiger partial charge in [0.1, 0.15) is 5.82 Å². The van der Waals surface area contributed by atoms with Gasteiger partial charge in [-0.25, -0.2) is 9.97 Å². The second kappa shape index (κ2) is 11.9. The Labute approximate surface area is 205 Å². The summed E-state index contributed by atoms with van der Waals surface area (Å²) >= 11 is 0. The van der Waals surface area contributed by atoms with Crippen LogP contribution < -0.4 is 0 Å². The summed E-state index contributed by atoms with van der Waals surface area (Å²) < 4.78 is 0. The van der Waals surface area contributed by atoms with E-state index in [1.807, 2.05) is 26.0 Å². The lowest BCUT2D eigenvalue weighted by atomic mass is 9.71. The Morgan fingerprint density at radius 2 is 1.76 bits per heavy atom. The molecular formula is C28H42N4O2. The first-order valence-corrected chi connectivity index (χ1v) is 13.0. The first kappa shape index (κ1) is 26.3. The van der Waals surface area contributed by atoms with Crippen LogP contribution in [0.15, 0.2) is 36.7 Å². The molecule has 0 bridgehead atoms. The minimum Gasteiger partial charge on any atom is -0.389 e. The zero-order valence-electron chi connectivity index (χ0n) is 21.6.